The molecule has 0 atom stereocenters. The zero-order valence-electron chi connectivity index (χ0n) is 13.7. The predicted molar refractivity (Wildman–Crippen MR) is 88.4 cm³/mol. The summed E-state index contributed by atoms with van der Waals surface area (Å²) >= 11 is 0. The fourth-order valence-corrected chi connectivity index (χ4v) is 2.85. The van der Waals surface area contributed by atoms with Gasteiger partial charge in [0.2, 0.25) is 6.43 Å². The zero-order chi connectivity index (χ0) is 19.8. The topological polar surface area (TPSA) is 62.3 Å². The van der Waals surface area contributed by atoms with Gasteiger partial charge in [0.15, 0.2) is 5.78 Å². The first-order chi connectivity index (χ1) is 12.7. The average molecular weight is 384 g/mol. The van der Waals surface area contributed by atoms with Crippen molar-refractivity contribution in [2.75, 3.05) is 0 Å². The predicted octanol–water partition coefficient (Wildman–Crippen LogP) is 4.22. The van der Waals surface area contributed by atoms with Crippen LogP contribution in [-0.4, -0.2) is 23.4 Å². The molecule has 0 aliphatic carbocycles. The van der Waals surface area contributed by atoms with Gasteiger partial charge in [-0.05, 0) is 29.3 Å². The quantitative estimate of drug-likeness (QED) is 0.620. The summed E-state index contributed by atoms with van der Waals surface area (Å²) in [6.45, 7) is 0.0527. The maximum atomic E-state index is 13.2. The number of nitrogens with zero attached hydrogens (tertiary/aromatic N) is 1. The average Bonchev–Trinajstić information content (AvgIpc) is 3.07. The van der Waals surface area contributed by atoms with Crippen LogP contribution in [-0.2, 0) is 12.7 Å². The van der Waals surface area contributed by atoms with Crippen LogP contribution < -0.4 is 5.56 Å². The van der Waals surface area contributed by atoms with Crippen molar-refractivity contribution >= 4 is 12.0 Å². The molecule has 1 aromatic carbocycles. The molecule has 2 aromatic rings. The van der Waals surface area contributed by atoms with Crippen LogP contribution in [0.25, 0.3) is 11.1 Å². The van der Waals surface area contributed by atoms with Gasteiger partial charge in [-0.1, -0.05) is 0 Å². The van der Waals surface area contributed by atoms with Crippen LogP contribution in [0.3, 0.4) is 0 Å². The van der Waals surface area contributed by atoms with Crippen LogP contribution in [0.1, 0.15) is 39.9 Å². The van der Waals surface area contributed by atoms with Crippen LogP contribution in [0.2, 0.25) is 0 Å². The van der Waals surface area contributed by atoms with Gasteiger partial charge >= 0.3 is 6.18 Å². The molecule has 1 aromatic heterocycles. The van der Waals surface area contributed by atoms with Crippen LogP contribution in [0.4, 0.5) is 22.0 Å². The summed E-state index contributed by atoms with van der Waals surface area (Å²) in [6, 6.07) is 2.93. The van der Waals surface area contributed by atoms with Gasteiger partial charge in [-0.2, -0.15) is 13.2 Å². The molecule has 142 valence electrons. The van der Waals surface area contributed by atoms with Crippen LogP contribution in [0, 0.1) is 0 Å². The van der Waals surface area contributed by atoms with E-state index in [9.17, 15) is 31.5 Å². The van der Waals surface area contributed by atoms with Crippen LogP contribution in [0.15, 0.2) is 34.2 Å². The SMILES string of the molecule is O=C(CCC(F)F)c1c[nH]c(=O)c(-c2cc(C(F)(F)F)cc3c2C=NC3)c1. The largest absolute Gasteiger partial charge is 0.416 e. The van der Waals surface area contributed by atoms with Crippen molar-refractivity contribution in [3.05, 3.63) is 57.0 Å². The number of benzene rings is 1. The second kappa shape index (κ2) is 7.05. The maximum Gasteiger partial charge on any atom is 0.416 e. The summed E-state index contributed by atoms with van der Waals surface area (Å²) in [5.41, 5.74) is -1.15. The summed E-state index contributed by atoms with van der Waals surface area (Å²) in [5, 5.41) is 0. The van der Waals surface area contributed by atoms with Gasteiger partial charge in [-0.15, -0.1) is 0 Å². The Labute approximate surface area is 149 Å². The third kappa shape index (κ3) is 3.96. The highest BCUT2D eigenvalue weighted by atomic mass is 19.4. The number of aromatic nitrogens is 1. The molecule has 1 N–H and O–H groups in total. The van der Waals surface area contributed by atoms with Crippen molar-refractivity contribution in [2.45, 2.75) is 32.0 Å². The lowest BCUT2D eigenvalue weighted by molar-refractivity contribution is -0.137. The molecule has 0 amide bonds. The molecule has 0 unspecified atom stereocenters. The number of aromatic amines is 1. The van der Waals surface area contributed by atoms with Gasteiger partial charge in [0.1, 0.15) is 0 Å². The number of nitrogens with one attached hydrogen (secondary N) is 1. The Morgan fingerprint density at radius 1 is 1.19 bits per heavy atom. The Hall–Kier alpha value is -2.84. The zero-order valence-corrected chi connectivity index (χ0v) is 13.7. The van der Waals surface area contributed by atoms with Gasteiger partial charge in [0, 0.05) is 41.9 Å². The van der Waals surface area contributed by atoms with E-state index in [0.29, 0.717) is 11.1 Å². The molecule has 0 bridgehead atoms. The smallest absolute Gasteiger partial charge is 0.328 e. The molecule has 0 fully saturated rings. The highest BCUT2D eigenvalue weighted by molar-refractivity contribution is 5.98. The number of hydrogen-bond donors (Lipinski definition) is 1. The van der Waals surface area contributed by atoms with E-state index in [-0.39, 0.29) is 23.2 Å². The molecule has 4 nitrogen and oxygen atoms in total. The summed E-state index contributed by atoms with van der Waals surface area (Å²) < 4.78 is 64.1. The summed E-state index contributed by atoms with van der Waals surface area (Å²) in [4.78, 5) is 30.5. The molecule has 0 spiro atoms. The molecule has 2 heterocycles. The van der Waals surface area contributed by atoms with E-state index in [1.807, 2.05) is 0 Å². The van der Waals surface area contributed by atoms with Crippen LogP contribution >= 0.6 is 0 Å². The number of aliphatic imine (C=N–C) groups is 1. The number of carbonyl (C=O) groups is 1. The Bertz CT molecular complexity index is 977. The normalized spacial score (nSPS) is 13.3. The van der Waals surface area contributed by atoms with Gasteiger partial charge < -0.3 is 4.98 Å². The molecule has 1 aliphatic heterocycles. The molecule has 3 rings (SSSR count). The van der Waals surface area contributed by atoms with Crippen molar-refractivity contribution in [1.82, 2.24) is 4.98 Å². The second-order valence-corrected chi connectivity index (χ2v) is 6.05. The van der Waals surface area contributed by atoms with Crippen molar-refractivity contribution in [3.8, 4) is 11.1 Å². The highest BCUT2D eigenvalue weighted by Gasteiger charge is 2.33. The Morgan fingerprint density at radius 3 is 2.59 bits per heavy atom. The van der Waals surface area contributed by atoms with E-state index in [2.05, 4.69) is 9.98 Å². The second-order valence-electron chi connectivity index (χ2n) is 6.05. The lowest BCUT2D eigenvalue weighted by Crippen LogP contribution is -2.14. The third-order valence-electron chi connectivity index (χ3n) is 4.18. The van der Waals surface area contributed by atoms with E-state index >= 15 is 0 Å². The molecule has 0 saturated heterocycles. The fraction of sp³-hybridized carbons (Fsp3) is 0.278. The number of ketones is 1. The van der Waals surface area contributed by atoms with Crippen molar-refractivity contribution < 1.29 is 26.7 Å². The first-order valence-electron chi connectivity index (χ1n) is 7.95. The highest BCUT2D eigenvalue weighted by Crippen LogP contribution is 2.36. The number of fused-ring (bicyclic) bond motifs is 1. The monoisotopic (exact) mass is 384 g/mol. The summed E-state index contributed by atoms with van der Waals surface area (Å²) in [5.74, 6) is -0.634. The standard InChI is InChI=1S/C18H13F5N2O2/c19-16(20)2-1-15(26)10-4-13(17(27)25-7-10)12-5-11(18(21,22)23)3-9-6-24-8-14(9)12/h3-5,7-8,16H,1-2,6H2,(H,25,27). The number of H-pyrrole nitrogens is 1. The molecule has 0 saturated carbocycles. The van der Waals surface area contributed by atoms with Crippen molar-refractivity contribution in [3.63, 3.8) is 0 Å². The van der Waals surface area contributed by atoms with E-state index in [4.69, 9.17) is 0 Å². The lowest BCUT2D eigenvalue weighted by atomic mass is 9.93. The summed E-state index contributed by atoms with van der Waals surface area (Å²) in [7, 11) is 0. The number of hydrogen-bond acceptors (Lipinski definition) is 3. The van der Waals surface area contributed by atoms with E-state index < -0.39 is 42.3 Å². The van der Waals surface area contributed by atoms with Gasteiger partial charge in [-0.3, -0.25) is 14.6 Å². The number of carbonyl (C=O) groups excluding carboxylic acids is 1. The number of halogens is 5. The molecular formula is C18H13F5N2O2. The number of pyridine rings is 1. The van der Waals surface area contributed by atoms with Gasteiger partial charge in [-0.25, -0.2) is 8.78 Å². The minimum absolute atomic E-state index is 0.00849. The molecule has 27 heavy (non-hydrogen) atoms. The van der Waals surface area contributed by atoms with Crippen molar-refractivity contribution in [1.29, 1.82) is 0 Å². The summed E-state index contributed by atoms with van der Waals surface area (Å²) in [6.07, 6.45) is -5.91. The Balaban J connectivity index is 2.10. The first-order valence-corrected chi connectivity index (χ1v) is 7.95. The maximum absolute atomic E-state index is 13.2. The molecule has 9 heteroatoms. The van der Waals surface area contributed by atoms with Gasteiger partial charge in [0.05, 0.1) is 12.1 Å². The van der Waals surface area contributed by atoms with Gasteiger partial charge in [0.25, 0.3) is 5.56 Å². The number of rotatable bonds is 5. The first kappa shape index (κ1) is 18.9. The van der Waals surface area contributed by atoms with E-state index in [0.717, 1.165) is 24.4 Å². The fourth-order valence-electron chi connectivity index (χ4n) is 2.85. The van der Waals surface area contributed by atoms with E-state index in [1.165, 1.54) is 6.21 Å². The van der Waals surface area contributed by atoms with E-state index in [1.54, 1.807) is 0 Å². The third-order valence-corrected chi connectivity index (χ3v) is 4.18. The minimum Gasteiger partial charge on any atom is -0.328 e. The number of alkyl halides is 5. The number of Topliss-reactive ketones (excluding diaryl/α,β-unsaturated/α-hetero) is 1. The van der Waals surface area contributed by atoms with Crippen molar-refractivity contribution in [2.24, 2.45) is 4.99 Å². The Morgan fingerprint density at radius 2 is 1.93 bits per heavy atom. The Kier molecular flexibility index (Phi) is 4.95. The molecular weight excluding hydrogens is 371 g/mol. The molecule has 0 radical (unpaired) electrons. The minimum atomic E-state index is -4.62. The molecule has 1 aliphatic rings. The lowest BCUT2D eigenvalue weighted by Gasteiger charge is -2.13. The van der Waals surface area contributed by atoms with Crippen LogP contribution in [0.5, 0.6) is 0 Å².